The quantitative estimate of drug-likeness (QED) is 0.738. The van der Waals surface area contributed by atoms with E-state index in [9.17, 15) is 15.0 Å². The number of nitrogens with zero attached hydrogens (tertiary/aromatic N) is 1. The molecule has 1 heterocycles. The molecule has 1 aromatic carbocycles. The molecule has 5 nitrogen and oxygen atoms in total. The summed E-state index contributed by atoms with van der Waals surface area (Å²) >= 11 is 0. The van der Waals surface area contributed by atoms with Gasteiger partial charge in [-0.25, -0.2) is 0 Å². The molecule has 5 heteroatoms. The number of hydrogen-bond donors (Lipinski definition) is 3. The first-order chi connectivity index (χ1) is 11.8. The summed E-state index contributed by atoms with van der Waals surface area (Å²) in [5.74, 6) is 0.0160. The minimum Gasteiger partial charge on any atom is -0.395 e. The van der Waals surface area contributed by atoms with E-state index in [1.807, 2.05) is 39.0 Å². The molecule has 2 rings (SSSR count). The van der Waals surface area contributed by atoms with Crippen molar-refractivity contribution in [2.75, 3.05) is 25.0 Å². The van der Waals surface area contributed by atoms with E-state index in [1.54, 1.807) is 0 Å². The van der Waals surface area contributed by atoms with Crippen LogP contribution in [0.25, 0.3) is 0 Å². The van der Waals surface area contributed by atoms with Crippen molar-refractivity contribution in [2.45, 2.75) is 58.6 Å². The highest BCUT2D eigenvalue weighted by Crippen LogP contribution is 2.20. The van der Waals surface area contributed by atoms with Crippen molar-refractivity contribution >= 4 is 11.6 Å². The fourth-order valence-electron chi connectivity index (χ4n) is 3.17. The average molecular weight is 348 g/mol. The van der Waals surface area contributed by atoms with Crippen LogP contribution in [-0.4, -0.2) is 52.9 Å². The van der Waals surface area contributed by atoms with Crippen molar-refractivity contribution in [2.24, 2.45) is 5.41 Å². The number of carbonyl (C=O) groups is 1. The second-order valence-electron chi connectivity index (χ2n) is 8.06. The maximum atomic E-state index is 12.1. The number of likely N-dealkylation sites (tertiary alicyclic amines) is 1. The monoisotopic (exact) mass is 348 g/mol. The predicted molar refractivity (Wildman–Crippen MR) is 101 cm³/mol. The summed E-state index contributed by atoms with van der Waals surface area (Å²) in [6, 6.07) is 8.08. The molecule has 3 N–H and O–H groups in total. The Morgan fingerprint density at radius 3 is 2.80 bits per heavy atom. The van der Waals surface area contributed by atoms with Gasteiger partial charge in [0.25, 0.3) is 0 Å². The van der Waals surface area contributed by atoms with Crippen molar-refractivity contribution in [1.29, 1.82) is 0 Å². The molecule has 2 unspecified atom stereocenters. The fourth-order valence-corrected chi connectivity index (χ4v) is 3.17. The Bertz CT molecular complexity index is 568. The number of benzene rings is 1. The third kappa shape index (κ3) is 6.10. The minimum atomic E-state index is -0.409. The highest BCUT2D eigenvalue weighted by atomic mass is 16.3. The normalized spacial score (nSPS) is 22.0. The second-order valence-corrected chi connectivity index (χ2v) is 8.06. The highest BCUT2D eigenvalue weighted by molar-refractivity contribution is 5.94. The summed E-state index contributed by atoms with van der Waals surface area (Å²) in [5, 5.41) is 22.2. The molecular weight excluding hydrogens is 316 g/mol. The molecule has 1 amide bonds. The standard InChI is InChI=1S/C20H32N2O3/c1-20(2,3)19(25)21-16-8-4-6-15(12-16)7-5-10-22-11-9-18(24)13-17(22)14-23/h4,6,8,12,17-18,23-24H,5,7,9-11,13-14H2,1-3H3,(H,21,25). The molecule has 0 saturated carbocycles. The van der Waals surface area contributed by atoms with Gasteiger partial charge < -0.3 is 15.5 Å². The number of amides is 1. The topological polar surface area (TPSA) is 72.8 Å². The Morgan fingerprint density at radius 1 is 1.36 bits per heavy atom. The molecule has 0 spiro atoms. The van der Waals surface area contributed by atoms with E-state index in [4.69, 9.17) is 0 Å². The number of aliphatic hydroxyl groups excluding tert-OH is 2. The molecular formula is C20H32N2O3. The number of aliphatic hydroxyl groups is 2. The molecule has 1 aliphatic rings. The number of piperidine rings is 1. The number of anilines is 1. The molecule has 1 fully saturated rings. The lowest BCUT2D eigenvalue weighted by atomic mass is 9.95. The van der Waals surface area contributed by atoms with Crippen LogP contribution >= 0.6 is 0 Å². The zero-order valence-corrected chi connectivity index (χ0v) is 15.7. The maximum absolute atomic E-state index is 12.1. The van der Waals surface area contributed by atoms with Gasteiger partial charge in [-0.3, -0.25) is 9.69 Å². The van der Waals surface area contributed by atoms with E-state index in [1.165, 1.54) is 5.56 Å². The van der Waals surface area contributed by atoms with Crippen LogP contribution in [0.2, 0.25) is 0 Å². The van der Waals surface area contributed by atoms with Crippen LogP contribution in [0.4, 0.5) is 5.69 Å². The SMILES string of the molecule is CC(C)(C)C(=O)Nc1cccc(CCCN2CCC(O)CC2CO)c1. The van der Waals surface area contributed by atoms with Crippen LogP contribution in [-0.2, 0) is 11.2 Å². The van der Waals surface area contributed by atoms with Gasteiger partial charge in [-0.2, -0.15) is 0 Å². The van der Waals surface area contributed by atoms with E-state index in [0.717, 1.165) is 38.0 Å². The number of hydrogen-bond acceptors (Lipinski definition) is 4. The van der Waals surface area contributed by atoms with Gasteiger partial charge in [0.2, 0.25) is 5.91 Å². The number of rotatable bonds is 6. The van der Waals surface area contributed by atoms with Crippen LogP contribution in [0.1, 0.15) is 45.6 Å². The Balaban J connectivity index is 1.85. The molecule has 0 aliphatic carbocycles. The van der Waals surface area contributed by atoms with Crippen LogP contribution in [0.15, 0.2) is 24.3 Å². The Hall–Kier alpha value is -1.43. The van der Waals surface area contributed by atoms with Crippen molar-refractivity contribution in [3.8, 4) is 0 Å². The molecule has 1 aromatic rings. The Labute approximate surface area is 151 Å². The van der Waals surface area contributed by atoms with Gasteiger partial charge in [0.1, 0.15) is 0 Å². The fraction of sp³-hybridized carbons (Fsp3) is 0.650. The van der Waals surface area contributed by atoms with E-state index in [0.29, 0.717) is 6.42 Å². The van der Waals surface area contributed by atoms with Gasteiger partial charge in [-0.05, 0) is 49.9 Å². The summed E-state index contributed by atoms with van der Waals surface area (Å²) in [6.45, 7) is 7.56. The Kier molecular flexibility index (Phi) is 6.99. The van der Waals surface area contributed by atoms with Crippen LogP contribution in [0.3, 0.4) is 0 Å². The van der Waals surface area contributed by atoms with Gasteiger partial charge in [0, 0.05) is 23.7 Å². The van der Waals surface area contributed by atoms with E-state index in [2.05, 4.69) is 16.3 Å². The summed E-state index contributed by atoms with van der Waals surface area (Å²) in [4.78, 5) is 14.4. The molecule has 140 valence electrons. The van der Waals surface area contributed by atoms with Crippen LogP contribution < -0.4 is 5.32 Å². The molecule has 2 atom stereocenters. The number of aryl methyl sites for hydroxylation is 1. The summed E-state index contributed by atoms with van der Waals surface area (Å²) in [6.07, 6.45) is 3.08. The lowest BCUT2D eigenvalue weighted by molar-refractivity contribution is -0.123. The first kappa shape index (κ1) is 19.9. The number of carbonyl (C=O) groups excluding carboxylic acids is 1. The van der Waals surface area contributed by atoms with Gasteiger partial charge in [-0.15, -0.1) is 0 Å². The first-order valence-electron chi connectivity index (χ1n) is 9.23. The van der Waals surface area contributed by atoms with Crippen molar-refractivity contribution in [3.63, 3.8) is 0 Å². The smallest absolute Gasteiger partial charge is 0.229 e. The van der Waals surface area contributed by atoms with E-state index in [-0.39, 0.29) is 24.7 Å². The number of nitrogens with one attached hydrogen (secondary N) is 1. The van der Waals surface area contributed by atoms with Crippen molar-refractivity contribution in [1.82, 2.24) is 4.90 Å². The van der Waals surface area contributed by atoms with Gasteiger partial charge >= 0.3 is 0 Å². The molecule has 0 bridgehead atoms. The Morgan fingerprint density at radius 2 is 2.12 bits per heavy atom. The van der Waals surface area contributed by atoms with Crippen LogP contribution in [0, 0.1) is 5.41 Å². The van der Waals surface area contributed by atoms with Gasteiger partial charge in [0.15, 0.2) is 0 Å². The zero-order valence-electron chi connectivity index (χ0n) is 15.7. The summed E-state index contributed by atoms with van der Waals surface area (Å²) in [7, 11) is 0. The highest BCUT2D eigenvalue weighted by Gasteiger charge is 2.26. The average Bonchev–Trinajstić information content (AvgIpc) is 2.55. The van der Waals surface area contributed by atoms with Gasteiger partial charge in [0.05, 0.1) is 12.7 Å². The molecule has 1 saturated heterocycles. The molecule has 25 heavy (non-hydrogen) atoms. The zero-order chi connectivity index (χ0) is 18.4. The summed E-state index contributed by atoms with van der Waals surface area (Å²) in [5.41, 5.74) is 1.63. The van der Waals surface area contributed by atoms with E-state index < -0.39 is 5.41 Å². The molecule has 0 aromatic heterocycles. The lowest BCUT2D eigenvalue weighted by Gasteiger charge is -2.36. The summed E-state index contributed by atoms with van der Waals surface area (Å²) < 4.78 is 0. The van der Waals surface area contributed by atoms with Crippen molar-refractivity contribution in [3.05, 3.63) is 29.8 Å². The predicted octanol–water partition coefficient (Wildman–Crippen LogP) is 2.42. The van der Waals surface area contributed by atoms with Crippen molar-refractivity contribution < 1.29 is 15.0 Å². The van der Waals surface area contributed by atoms with Gasteiger partial charge in [-0.1, -0.05) is 32.9 Å². The van der Waals surface area contributed by atoms with E-state index >= 15 is 0 Å². The minimum absolute atomic E-state index is 0.0160. The lowest BCUT2D eigenvalue weighted by Crippen LogP contribution is -2.46. The first-order valence-corrected chi connectivity index (χ1v) is 9.23. The van der Waals surface area contributed by atoms with Crippen LogP contribution in [0.5, 0.6) is 0 Å². The third-order valence-corrected chi connectivity index (χ3v) is 4.80. The maximum Gasteiger partial charge on any atom is 0.229 e. The largest absolute Gasteiger partial charge is 0.395 e. The second kappa shape index (κ2) is 8.79. The molecule has 1 aliphatic heterocycles. The molecule has 0 radical (unpaired) electrons. The third-order valence-electron chi connectivity index (χ3n) is 4.80.